The Hall–Kier alpha value is -1.11. The molecule has 0 unspecified atom stereocenters. The smallest absolute Gasteiger partial charge is 0.303 e. The highest BCUT2D eigenvalue weighted by molar-refractivity contribution is 7.90. The molecule has 1 aromatic rings. The number of aryl methyl sites for hydroxylation is 2. The number of rotatable bonds is 4. The third kappa shape index (κ3) is 3.39. The molecule has 2 N–H and O–H groups in total. The van der Waals surface area contributed by atoms with Gasteiger partial charge in [-0.3, -0.25) is 4.31 Å². The van der Waals surface area contributed by atoms with Gasteiger partial charge in [0.1, 0.15) is 0 Å². The normalized spacial score (nSPS) is 17.9. The van der Waals surface area contributed by atoms with Crippen molar-refractivity contribution >= 4 is 15.9 Å². The highest BCUT2D eigenvalue weighted by Crippen LogP contribution is 2.26. The molecule has 0 bridgehead atoms. The first-order chi connectivity index (χ1) is 9.86. The van der Waals surface area contributed by atoms with Gasteiger partial charge in [-0.1, -0.05) is 17.7 Å². The zero-order chi connectivity index (χ0) is 15.6. The van der Waals surface area contributed by atoms with Crippen molar-refractivity contribution in [3.63, 3.8) is 0 Å². The molecule has 1 fully saturated rings. The molecule has 5 nitrogen and oxygen atoms in total. The molecule has 0 spiro atoms. The Morgan fingerprint density at radius 1 is 1.29 bits per heavy atom. The summed E-state index contributed by atoms with van der Waals surface area (Å²) < 4.78 is 28.4. The predicted octanol–water partition coefficient (Wildman–Crippen LogP) is 1.66. The lowest BCUT2D eigenvalue weighted by molar-refractivity contribution is 0.278. The van der Waals surface area contributed by atoms with Crippen molar-refractivity contribution < 1.29 is 8.42 Å². The van der Waals surface area contributed by atoms with Gasteiger partial charge < -0.3 is 5.73 Å². The van der Waals surface area contributed by atoms with E-state index in [1.165, 1.54) is 4.31 Å². The number of hydrogen-bond acceptors (Lipinski definition) is 3. The topological polar surface area (TPSA) is 66.6 Å². The van der Waals surface area contributed by atoms with Crippen LogP contribution in [0.25, 0.3) is 0 Å². The molecular weight excluding hydrogens is 286 g/mol. The molecule has 0 amide bonds. The van der Waals surface area contributed by atoms with Gasteiger partial charge in [0, 0.05) is 20.1 Å². The molecule has 1 saturated heterocycles. The summed E-state index contributed by atoms with van der Waals surface area (Å²) in [4.78, 5) is 0. The van der Waals surface area contributed by atoms with Crippen molar-refractivity contribution in [2.45, 2.75) is 26.7 Å². The third-order valence-electron chi connectivity index (χ3n) is 4.27. The predicted molar refractivity (Wildman–Crippen MR) is 86.6 cm³/mol. The lowest BCUT2D eigenvalue weighted by atomic mass is 9.99. The van der Waals surface area contributed by atoms with E-state index in [4.69, 9.17) is 5.73 Å². The van der Waals surface area contributed by atoms with E-state index in [2.05, 4.69) is 0 Å². The Kier molecular flexibility index (Phi) is 4.91. The average Bonchev–Trinajstić information content (AvgIpc) is 2.46. The van der Waals surface area contributed by atoms with Gasteiger partial charge in [-0.15, -0.1) is 0 Å². The van der Waals surface area contributed by atoms with Gasteiger partial charge in [0.2, 0.25) is 0 Å². The largest absolute Gasteiger partial charge is 0.330 e. The van der Waals surface area contributed by atoms with Crippen LogP contribution < -0.4 is 10.0 Å². The first-order valence-electron chi connectivity index (χ1n) is 7.37. The highest BCUT2D eigenvalue weighted by Gasteiger charge is 2.31. The number of nitrogens with zero attached hydrogens (tertiary/aromatic N) is 2. The van der Waals surface area contributed by atoms with Crippen molar-refractivity contribution in [3.05, 3.63) is 29.3 Å². The van der Waals surface area contributed by atoms with Gasteiger partial charge in [-0.25, -0.2) is 0 Å². The van der Waals surface area contributed by atoms with E-state index in [0.717, 1.165) is 29.7 Å². The number of piperidine rings is 1. The van der Waals surface area contributed by atoms with Gasteiger partial charge >= 0.3 is 10.2 Å². The summed E-state index contributed by atoms with van der Waals surface area (Å²) in [5.74, 6) is 0.447. The van der Waals surface area contributed by atoms with Crippen molar-refractivity contribution in [2.24, 2.45) is 11.7 Å². The maximum atomic E-state index is 12.7. The quantitative estimate of drug-likeness (QED) is 0.919. The first kappa shape index (κ1) is 16.3. The highest BCUT2D eigenvalue weighted by atomic mass is 32.2. The Morgan fingerprint density at radius 2 is 1.90 bits per heavy atom. The number of hydrogen-bond donors (Lipinski definition) is 1. The van der Waals surface area contributed by atoms with Gasteiger partial charge in [0.25, 0.3) is 0 Å². The van der Waals surface area contributed by atoms with Crippen LogP contribution in [0.4, 0.5) is 5.69 Å². The van der Waals surface area contributed by atoms with Crippen molar-refractivity contribution in [2.75, 3.05) is 31.0 Å². The standard InChI is InChI=1S/C15H25N3O2S/c1-12-4-5-15(13(2)10-12)17(3)21(19,20)18-8-6-14(11-16)7-9-18/h4-5,10,14H,6-9,11,16H2,1-3H3. The molecule has 118 valence electrons. The summed E-state index contributed by atoms with van der Waals surface area (Å²) in [5, 5.41) is 0. The van der Waals surface area contributed by atoms with Crippen LogP contribution in [0.1, 0.15) is 24.0 Å². The monoisotopic (exact) mass is 311 g/mol. The van der Waals surface area contributed by atoms with Gasteiger partial charge in [0.05, 0.1) is 5.69 Å². The molecule has 1 aromatic carbocycles. The molecule has 0 atom stereocenters. The van der Waals surface area contributed by atoms with Crippen LogP contribution in [0.3, 0.4) is 0 Å². The lowest BCUT2D eigenvalue weighted by Crippen LogP contribution is -2.46. The van der Waals surface area contributed by atoms with Crippen molar-refractivity contribution in [1.29, 1.82) is 0 Å². The number of benzene rings is 1. The molecule has 0 aliphatic carbocycles. The molecule has 2 rings (SSSR count). The number of anilines is 1. The molecule has 0 saturated carbocycles. The van der Waals surface area contributed by atoms with Gasteiger partial charge in [0.15, 0.2) is 0 Å². The zero-order valence-electron chi connectivity index (χ0n) is 13.0. The van der Waals surface area contributed by atoms with Crippen LogP contribution in [-0.4, -0.2) is 39.4 Å². The van der Waals surface area contributed by atoms with Crippen LogP contribution in [0.15, 0.2) is 18.2 Å². The fraction of sp³-hybridized carbons (Fsp3) is 0.600. The van der Waals surface area contributed by atoms with E-state index in [1.54, 1.807) is 11.4 Å². The Bertz CT molecular complexity index is 593. The second kappa shape index (κ2) is 6.34. The maximum Gasteiger partial charge on any atom is 0.303 e. The minimum absolute atomic E-state index is 0.447. The first-order valence-corrected chi connectivity index (χ1v) is 8.77. The van der Waals surface area contributed by atoms with E-state index in [-0.39, 0.29) is 0 Å². The van der Waals surface area contributed by atoms with Crippen LogP contribution in [0.5, 0.6) is 0 Å². The zero-order valence-corrected chi connectivity index (χ0v) is 13.9. The van der Waals surface area contributed by atoms with Crippen molar-refractivity contribution in [3.8, 4) is 0 Å². The fourth-order valence-corrected chi connectivity index (χ4v) is 4.30. The van der Waals surface area contributed by atoms with Crippen LogP contribution in [0.2, 0.25) is 0 Å². The summed E-state index contributed by atoms with van der Waals surface area (Å²) in [7, 11) is -1.83. The second-order valence-electron chi connectivity index (χ2n) is 5.84. The van der Waals surface area contributed by atoms with Crippen LogP contribution >= 0.6 is 0 Å². The fourth-order valence-electron chi connectivity index (χ4n) is 2.83. The Morgan fingerprint density at radius 3 is 2.43 bits per heavy atom. The van der Waals surface area contributed by atoms with E-state index >= 15 is 0 Å². The van der Waals surface area contributed by atoms with Crippen LogP contribution in [-0.2, 0) is 10.2 Å². The molecular formula is C15H25N3O2S. The lowest BCUT2D eigenvalue weighted by Gasteiger charge is -2.34. The minimum atomic E-state index is -3.46. The summed E-state index contributed by atoms with van der Waals surface area (Å²) in [6, 6.07) is 5.81. The summed E-state index contributed by atoms with van der Waals surface area (Å²) in [6.45, 7) is 5.69. The minimum Gasteiger partial charge on any atom is -0.330 e. The van der Waals surface area contributed by atoms with Crippen molar-refractivity contribution in [1.82, 2.24) is 4.31 Å². The number of nitrogens with two attached hydrogens (primary N) is 1. The average molecular weight is 311 g/mol. The summed E-state index contributed by atoms with van der Waals surface area (Å²) in [5.41, 5.74) is 8.50. The molecule has 1 heterocycles. The van der Waals surface area contributed by atoms with Gasteiger partial charge in [-0.05, 0) is 50.8 Å². The second-order valence-corrected chi connectivity index (χ2v) is 7.80. The van der Waals surface area contributed by atoms with Gasteiger partial charge in [-0.2, -0.15) is 12.7 Å². The molecule has 0 aromatic heterocycles. The van der Waals surface area contributed by atoms with E-state index in [0.29, 0.717) is 25.6 Å². The third-order valence-corrected chi connectivity index (χ3v) is 6.18. The molecule has 21 heavy (non-hydrogen) atoms. The molecule has 1 aliphatic rings. The summed E-state index contributed by atoms with van der Waals surface area (Å²) >= 11 is 0. The van der Waals surface area contributed by atoms with E-state index in [1.807, 2.05) is 32.0 Å². The maximum absolute atomic E-state index is 12.7. The molecule has 6 heteroatoms. The molecule has 0 radical (unpaired) electrons. The van der Waals surface area contributed by atoms with E-state index in [9.17, 15) is 8.42 Å². The van der Waals surface area contributed by atoms with E-state index < -0.39 is 10.2 Å². The SMILES string of the molecule is Cc1ccc(N(C)S(=O)(=O)N2CCC(CN)CC2)c(C)c1. The summed E-state index contributed by atoms with van der Waals surface area (Å²) in [6.07, 6.45) is 1.69. The Labute approximate surface area is 127 Å². The van der Waals surface area contributed by atoms with Crippen LogP contribution in [0, 0.1) is 19.8 Å². The molecule has 1 aliphatic heterocycles. The Balaban J connectivity index is 2.19.